The van der Waals surface area contributed by atoms with Crippen molar-refractivity contribution in [1.82, 2.24) is 34.4 Å². The summed E-state index contributed by atoms with van der Waals surface area (Å²) in [5.41, 5.74) is 2.33. The molecule has 13 nitrogen and oxygen atoms in total. The topological polar surface area (TPSA) is 161 Å². The molecular formula is C36H38ClF2N9O4. The van der Waals surface area contributed by atoms with Gasteiger partial charge in [-0.3, -0.25) is 19.1 Å². The Morgan fingerprint density at radius 2 is 1.77 bits per heavy atom. The summed E-state index contributed by atoms with van der Waals surface area (Å²) in [6, 6.07) is 9.05. The summed E-state index contributed by atoms with van der Waals surface area (Å²) in [4.78, 5) is 46.8. The van der Waals surface area contributed by atoms with Crippen molar-refractivity contribution in [3.8, 4) is 28.5 Å². The Morgan fingerprint density at radius 1 is 1.08 bits per heavy atom. The quantitative estimate of drug-likeness (QED) is 0.217. The molecule has 2 saturated heterocycles. The van der Waals surface area contributed by atoms with Crippen LogP contribution in [0.2, 0.25) is 5.02 Å². The molecule has 0 aliphatic carbocycles. The second kappa shape index (κ2) is 15.2. The number of nitrogens with one attached hydrogen (secondary N) is 2. The molecule has 4 heterocycles. The van der Waals surface area contributed by atoms with E-state index in [0.717, 1.165) is 0 Å². The predicted octanol–water partition coefficient (Wildman–Crippen LogP) is 4.06. The fourth-order valence-electron chi connectivity index (χ4n) is 6.80. The zero-order valence-corrected chi connectivity index (χ0v) is 29.7. The van der Waals surface area contributed by atoms with E-state index < -0.39 is 29.7 Å². The number of imidazole rings is 1. The number of piperazine rings is 1. The molecular weight excluding hydrogens is 696 g/mol. The monoisotopic (exact) mass is 733 g/mol. The Kier molecular flexibility index (Phi) is 10.7. The third kappa shape index (κ3) is 7.14. The molecule has 52 heavy (non-hydrogen) atoms. The van der Waals surface area contributed by atoms with Gasteiger partial charge in [-0.1, -0.05) is 17.7 Å². The van der Waals surface area contributed by atoms with Crippen LogP contribution >= 0.6 is 11.6 Å². The lowest BCUT2D eigenvalue weighted by atomic mass is 10.00. The van der Waals surface area contributed by atoms with Gasteiger partial charge in [0.05, 0.1) is 46.4 Å². The number of halogens is 3. The number of unbranched alkanes of at least 4 members (excludes halogenated alkanes) is 1. The van der Waals surface area contributed by atoms with Crippen LogP contribution in [0.5, 0.6) is 0 Å². The minimum Gasteiger partial charge on any atom is -0.392 e. The van der Waals surface area contributed by atoms with E-state index in [1.165, 1.54) is 48.1 Å². The van der Waals surface area contributed by atoms with Crippen LogP contribution in [0.3, 0.4) is 0 Å². The fourth-order valence-corrected chi connectivity index (χ4v) is 7.06. The van der Waals surface area contributed by atoms with Crippen molar-refractivity contribution in [2.45, 2.75) is 51.8 Å². The molecule has 0 unspecified atom stereocenters. The number of aliphatic hydroxyl groups is 1. The van der Waals surface area contributed by atoms with Crippen LogP contribution in [0.1, 0.15) is 51.6 Å². The summed E-state index contributed by atoms with van der Waals surface area (Å²) >= 11 is 6.50. The van der Waals surface area contributed by atoms with Gasteiger partial charge >= 0.3 is 0 Å². The number of anilines is 1. The lowest BCUT2D eigenvalue weighted by Crippen LogP contribution is -2.54. The minimum absolute atomic E-state index is 0.0532. The molecule has 2 aromatic heterocycles. The van der Waals surface area contributed by atoms with E-state index in [1.54, 1.807) is 28.3 Å². The molecule has 2 atom stereocenters. The van der Waals surface area contributed by atoms with Crippen LogP contribution in [0.25, 0.3) is 22.4 Å². The summed E-state index contributed by atoms with van der Waals surface area (Å²) in [7, 11) is 1.51. The number of amides is 3. The minimum atomic E-state index is -1.10. The Bertz CT molecular complexity index is 2080. The number of rotatable bonds is 9. The van der Waals surface area contributed by atoms with E-state index in [0.29, 0.717) is 81.2 Å². The number of aryl methyl sites for hydroxylation is 2. The van der Waals surface area contributed by atoms with Crippen LogP contribution in [-0.2, 0) is 18.4 Å². The third-order valence-corrected chi connectivity index (χ3v) is 9.91. The third-order valence-electron chi connectivity index (χ3n) is 9.60. The Hall–Kier alpha value is -5.17. The number of β-amino-alcohol motifs (C(OH)–C–C–N with tert-alkyl or cyclic N) is 1. The van der Waals surface area contributed by atoms with Crippen molar-refractivity contribution in [1.29, 1.82) is 5.26 Å². The van der Waals surface area contributed by atoms with Crippen LogP contribution in [-0.4, -0.2) is 96.8 Å². The summed E-state index contributed by atoms with van der Waals surface area (Å²) < 4.78 is 34.3. The number of hydrogen-bond donors (Lipinski definition) is 3. The average Bonchev–Trinajstić information content (AvgIpc) is 3.81. The highest BCUT2D eigenvalue weighted by molar-refractivity contribution is 6.34. The number of nitrogens with zero attached hydrogens (tertiary/aromatic N) is 7. The standard InChI is InChI=1S/C36H38ClF2N9O4/c1-20-30(21(2)48(44-20)11-5-4-10-40)26-9-8-25(31(38)32(26)39)29-19-42-33(45(29)3)34(50)43-22-6-7-24(27(37)16-22)35(51)46-12-14-47(15-13-46)36(52)28-17-23(49)18-41-28/h6-9,16,19,23,28,41,49H,4-5,11-15,17-18H2,1-3H3,(H,43,50)/t23-,28+/m1/s1. The van der Waals surface area contributed by atoms with Gasteiger partial charge < -0.3 is 30.1 Å². The number of hydrogen-bond acceptors (Lipinski definition) is 8. The number of benzene rings is 2. The van der Waals surface area contributed by atoms with Crippen molar-refractivity contribution in [2.75, 3.05) is 38.0 Å². The normalized spacial score (nSPS) is 17.3. The molecule has 4 aromatic rings. The molecule has 2 aromatic carbocycles. The summed E-state index contributed by atoms with van der Waals surface area (Å²) in [6.45, 7) is 5.69. The Balaban J connectivity index is 1.11. The molecule has 2 aliphatic heterocycles. The van der Waals surface area contributed by atoms with E-state index in [4.69, 9.17) is 16.9 Å². The summed E-state index contributed by atoms with van der Waals surface area (Å²) in [5.74, 6) is -3.28. The van der Waals surface area contributed by atoms with Gasteiger partial charge in [0.1, 0.15) is 0 Å². The maximum absolute atomic E-state index is 15.6. The Morgan fingerprint density at radius 3 is 2.44 bits per heavy atom. The number of aromatic nitrogens is 4. The number of nitriles is 1. The average molecular weight is 734 g/mol. The molecule has 0 spiro atoms. The van der Waals surface area contributed by atoms with Gasteiger partial charge in [0.15, 0.2) is 17.5 Å². The molecule has 272 valence electrons. The van der Waals surface area contributed by atoms with Crippen molar-refractivity contribution >= 4 is 35.0 Å². The summed E-state index contributed by atoms with van der Waals surface area (Å²) in [5, 5.41) is 28.9. The van der Waals surface area contributed by atoms with Crippen molar-refractivity contribution < 1.29 is 28.3 Å². The largest absolute Gasteiger partial charge is 0.392 e. The maximum Gasteiger partial charge on any atom is 0.291 e. The molecule has 0 bridgehead atoms. The zero-order chi connectivity index (χ0) is 37.3. The van der Waals surface area contributed by atoms with E-state index in [1.807, 2.05) is 0 Å². The van der Waals surface area contributed by atoms with Crippen molar-refractivity contribution in [2.24, 2.45) is 7.05 Å². The molecule has 2 aliphatic rings. The van der Waals surface area contributed by atoms with E-state index in [-0.39, 0.29) is 45.0 Å². The first-order valence-electron chi connectivity index (χ1n) is 16.9. The number of aliphatic hydroxyl groups excluding tert-OH is 1. The zero-order valence-electron chi connectivity index (χ0n) is 28.9. The van der Waals surface area contributed by atoms with Crippen molar-refractivity contribution in [3.05, 3.63) is 76.0 Å². The number of carbonyl (C=O) groups is 3. The van der Waals surface area contributed by atoms with E-state index in [2.05, 4.69) is 26.8 Å². The molecule has 6 rings (SSSR count). The lowest BCUT2D eigenvalue weighted by Gasteiger charge is -2.36. The van der Waals surface area contributed by atoms with Gasteiger partial charge in [-0.15, -0.1) is 0 Å². The molecule has 0 saturated carbocycles. The van der Waals surface area contributed by atoms with Gasteiger partial charge in [0, 0.05) is 80.8 Å². The van der Waals surface area contributed by atoms with Gasteiger partial charge in [-0.05, 0) is 51.0 Å². The van der Waals surface area contributed by atoms with Crippen LogP contribution in [0, 0.1) is 36.8 Å². The highest BCUT2D eigenvalue weighted by Crippen LogP contribution is 2.35. The SMILES string of the molecule is Cc1nn(CCCC#N)c(C)c1-c1ccc(-c2cnc(C(=O)Nc3ccc(C(=O)N4CCN(C(=O)[C@@H]5C[C@@H](O)CN5)CC4)c(Cl)c3)n2C)c(F)c1F. The van der Waals surface area contributed by atoms with Gasteiger partial charge in [-0.25, -0.2) is 13.8 Å². The van der Waals surface area contributed by atoms with Gasteiger partial charge in [0.25, 0.3) is 11.8 Å². The van der Waals surface area contributed by atoms with Crippen LogP contribution in [0.15, 0.2) is 36.5 Å². The first-order valence-corrected chi connectivity index (χ1v) is 17.3. The fraction of sp³-hybridized carbons (Fsp3) is 0.389. The molecule has 16 heteroatoms. The Labute approximate surface area is 303 Å². The highest BCUT2D eigenvalue weighted by Gasteiger charge is 2.34. The number of carbonyl (C=O) groups excluding carboxylic acids is 3. The van der Waals surface area contributed by atoms with Crippen LogP contribution < -0.4 is 10.6 Å². The second-order valence-corrected chi connectivity index (χ2v) is 13.4. The smallest absolute Gasteiger partial charge is 0.291 e. The maximum atomic E-state index is 15.6. The van der Waals surface area contributed by atoms with Gasteiger partial charge in [-0.2, -0.15) is 10.4 Å². The molecule has 2 fully saturated rings. The van der Waals surface area contributed by atoms with Gasteiger partial charge in [0.2, 0.25) is 5.91 Å². The van der Waals surface area contributed by atoms with Crippen LogP contribution in [0.4, 0.5) is 14.5 Å². The first kappa shape index (κ1) is 36.6. The summed E-state index contributed by atoms with van der Waals surface area (Å²) in [6.07, 6.45) is 2.04. The molecule has 3 N–H and O–H groups in total. The first-order chi connectivity index (χ1) is 24.9. The highest BCUT2D eigenvalue weighted by atomic mass is 35.5. The lowest BCUT2D eigenvalue weighted by molar-refractivity contribution is -0.134. The second-order valence-electron chi connectivity index (χ2n) is 13.0. The molecule has 0 radical (unpaired) electrons. The van der Waals surface area contributed by atoms with Crippen molar-refractivity contribution in [3.63, 3.8) is 0 Å². The van der Waals surface area contributed by atoms with E-state index in [9.17, 15) is 19.5 Å². The van der Waals surface area contributed by atoms with E-state index >= 15 is 8.78 Å². The molecule has 3 amide bonds. The predicted molar refractivity (Wildman–Crippen MR) is 188 cm³/mol.